The minimum Gasteiger partial charge on any atom is -0.481 e. The molecule has 2 N–H and O–H groups in total. The summed E-state index contributed by atoms with van der Waals surface area (Å²) < 4.78 is 6.49. The Morgan fingerprint density at radius 1 is 1.50 bits per heavy atom. The van der Waals surface area contributed by atoms with Gasteiger partial charge in [-0.25, -0.2) is 0 Å². The van der Waals surface area contributed by atoms with E-state index in [9.17, 15) is 4.79 Å². The number of hydrogen-bond acceptors (Lipinski definition) is 3. The summed E-state index contributed by atoms with van der Waals surface area (Å²) in [6.45, 7) is 5.53. The zero-order chi connectivity index (χ0) is 16.4. The van der Waals surface area contributed by atoms with Crippen molar-refractivity contribution in [3.63, 3.8) is 0 Å². The highest BCUT2D eigenvalue weighted by molar-refractivity contribution is 9.10. The molecule has 0 bridgehead atoms. The van der Waals surface area contributed by atoms with E-state index in [1.807, 2.05) is 32.0 Å². The fourth-order valence-electron chi connectivity index (χ4n) is 1.82. The van der Waals surface area contributed by atoms with E-state index in [0.29, 0.717) is 19.5 Å². The molecule has 120 valence electrons. The summed E-state index contributed by atoms with van der Waals surface area (Å²) in [7, 11) is 0. The van der Waals surface area contributed by atoms with E-state index in [1.54, 1.807) is 0 Å². The van der Waals surface area contributed by atoms with Crippen molar-refractivity contribution in [1.29, 1.82) is 0 Å². The standard InChI is InChI=1S/C17H23BrN2O2/c1-4-10-22-16-7-6-15(18)11-14(16)12-19-9-8-17(21)20-13(3)5-2/h1,6-7,11,13,19H,5,8-10,12H2,2-3H3,(H,20,21). The minimum absolute atomic E-state index is 0.0693. The van der Waals surface area contributed by atoms with Crippen LogP contribution in [0.15, 0.2) is 22.7 Å². The molecule has 0 radical (unpaired) electrons. The van der Waals surface area contributed by atoms with Crippen molar-refractivity contribution in [3.8, 4) is 18.1 Å². The maximum absolute atomic E-state index is 11.7. The molecule has 0 spiro atoms. The van der Waals surface area contributed by atoms with Gasteiger partial charge in [0.05, 0.1) is 0 Å². The Balaban J connectivity index is 2.42. The predicted octanol–water partition coefficient (Wildman–Crippen LogP) is 2.86. The van der Waals surface area contributed by atoms with Gasteiger partial charge in [-0.3, -0.25) is 4.79 Å². The number of amides is 1. The van der Waals surface area contributed by atoms with Gasteiger partial charge in [-0.2, -0.15) is 0 Å². The summed E-state index contributed by atoms with van der Waals surface area (Å²) in [5, 5.41) is 6.20. The highest BCUT2D eigenvalue weighted by Crippen LogP contribution is 2.23. The van der Waals surface area contributed by atoms with Crippen molar-refractivity contribution in [3.05, 3.63) is 28.2 Å². The van der Waals surface area contributed by atoms with E-state index < -0.39 is 0 Å². The molecule has 0 saturated carbocycles. The number of nitrogens with one attached hydrogen (secondary N) is 2. The third kappa shape index (κ3) is 6.97. The molecule has 1 amide bonds. The number of terminal acetylenes is 1. The largest absolute Gasteiger partial charge is 0.481 e. The molecular formula is C17H23BrN2O2. The number of rotatable bonds is 9. The highest BCUT2D eigenvalue weighted by Gasteiger charge is 2.07. The molecule has 4 nitrogen and oxygen atoms in total. The van der Waals surface area contributed by atoms with E-state index in [4.69, 9.17) is 11.2 Å². The van der Waals surface area contributed by atoms with E-state index in [-0.39, 0.29) is 18.6 Å². The average molecular weight is 367 g/mol. The van der Waals surface area contributed by atoms with Gasteiger partial charge in [0.15, 0.2) is 0 Å². The third-order valence-corrected chi connectivity index (χ3v) is 3.69. The van der Waals surface area contributed by atoms with Gasteiger partial charge >= 0.3 is 0 Å². The van der Waals surface area contributed by atoms with Crippen LogP contribution in [0.1, 0.15) is 32.3 Å². The first-order valence-corrected chi connectivity index (χ1v) is 8.20. The maximum Gasteiger partial charge on any atom is 0.221 e. The summed E-state index contributed by atoms with van der Waals surface area (Å²) in [6.07, 6.45) is 6.61. The zero-order valence-electron chi connectivity index (χ0n) is 13.1. The topological polar surface area (TPSA) is 50.4 Å². The average Bonchev–Trinajstić information content (AvgIpc) is 2.50. The lowest BCUT2D eigenvalue weighted by atomic mass is 10.2. The first-order chi connectivity index (χ1) is 10.6. The lowest BCUT2D eigenvalue weighted by Gasteiger charge is -2.13. The predicted molar refractivity (Wildman–Crippen MR) is 92.7 cm³/mol. The molecule has 0 aliphatic rings. The lowest BCUT2D eigenvalue weighted by Crippen LogP contribution is -2.33. The van der Waals surface area contributed by atoms with Crippen LogP contribution in [0.3, 0.4) is 0 Å². The summed E-state index contributed by atoms with van der Waals surface area (Å²) in [4.78, 5) is 11.7. The summed E-state index contributed by atoms with van der Waals surface area (Å²) in [6, 6.07) is 6.00. The quantitative estimate of drug-likeness (QED) is 0.521. The van der Waals surface area contributed by atoms with Crippen LogP contribution in [-0.2, 0) is 11.3 Å². The van der Waals surface area contributed by atoms with E-state index in [1.165, 1.54) is 0 Å². The van der Waals surface area contributed by atoms with Crippen LogP contribution in [0.5, 0.6) is 5.75 Å². The van der Waals surface area contributed by atoms with Gasteiger partial charge in [-0.15, -0.1) is 6.42 Å². The highest BCUT2D eigenvalue weighted by atomic mass is 79.9. The smallest absolute Gasteiger partial charge is 0.221 e. The molecule has 1 aromatic rings. The van der Waals surface area contributed by atoms with Crippen molar-refractivity contribution in [2.75, 3.05) is 13.2 Å². The SMILES string of the molecule is C#CCOc1ccc(Br)cc1CNCCC(=O)NC(C)CC. The molecule has 1 aromatic carbocycles. The number of carbonyl (C=O) groups excluding carboxylic acids is 1. The van der Waals surface area contributed by atoms with Crippen molar-refractivity contribution in [2.24, 2.45) is 0 Å². The maximum atomic E-state index is 11.7. The van der Waals surface area contributed by atoms with Gasteiger partial charge < -0.3 is 15.4 Å². The van der Waals surface area contributed by atoms with Gasteiger partial charge in [-0.05, 0) is 31.5 Å². The number of halogens is 1. The fourth-order valence-corrected chi connectivity index (χ4v) is 2.23. The second kappa shape index (κ2) is 10.3. The van der Waals surface area contributed by atoms with Crippen molar-refractivity contribution >= 4 is 21.8 Å². The molecule has 0 aliphatic heterocycles. The van der Waals surface area contributed by atoms with Gasteiger partial charge in [0.25, 0.3) is 0 Å². The summed E-state index contributed by atoms with van der Waals surface area (Å²) in [5.41, 5.74) is 1.01. The van der Waals surface area contributed by atoms with Crippen molar-refractivity contribution in [2.45, 2.75) is 39.3 Å². The van der Waals surface area contributed by atoms with Crippen LogP contribution in [0, 0.1) is 12.3 Å². The van der Waals surface area contributed by atoms with Crippen LogP contribution >= 0.6 is 15.9 Å². The summed E-state index contributed by atoms with van der Waals surface area (Å²) in [5.74, 6) is 3.29. The van der Waals surface area contributed by atoms with Crippen LogP contribution < -0.4 is 15.4 Å². The monoisotopic (exact) mass is 366 g/mol. The molecule has 1 atom stereocenters. The first-order valence-electron chi connectivity index (χ1n) is 7.41. The Labute approximate surface area is 141 Å². The normalized spacial score (nSPS) is 11.5. The second-order valence-electron chi connectivity index (χ2n) is 5.05. The molecule has 0 saturated heterocycles. The Morgan fingerprint density at radius 3 is 2.95 bits per heavy atom. The number of carbonyl (C=O) groups is 1. The molecule has 22 heavy (non-hydrogen) atoms. The molecule has 0 aromatic heterocycles. The molecule has 1 rings (SSSR count). The third-order valence-electron chi connectivity index (χ3n) is 3.20. The lowest BCUT2D eigenvalue weighted by molar-refractivity contribution is -0.121. The van der Waals surface area contributed by atoms with E-state index >= 15 is 0 Å². The second-order valence-corrected chi connectivity index (χ2v) is 5.96. The van der Waals surface area contributed by atoms with Gasteiger partial charge in [0.2, 0.25) is 5.91 Å². The Bertz CT molecular complexity index is 526. The minimum atomic E-state index is 0.0693. The van der Waals surface area contributed by atoms with Gasteiger partial charge in [-0.1, -0.05) is 28.8 Å². The summed E-state index contributed by atoms with van der Waals surface area (Å²) >= 11 is 3.44. The zero-order valence-corrected chi connectivity index (χ0v) is 14.7. The van der Waals surface area contributed by atoms with Crippen molar-refractivity contribution in [1.82, 2.24) is 10.6 Å². The first kappa shape index (κ1) is 18.5. The molecule has 0 heterocycles. The molecule has 1 unspecified atom stereocenters. The Kier molecular flexibility index (Phi) is 8.64. The van der Waals surface area contributed by atoms with Gasteiger partial charge in [0.1, 0.15) is 12.4 Å². The van der Waals surface area contributed by atoms with Crippen LogP contribution in [0.4, 0.5) is 0 Å². The van der Waals surface area contributed by atoms with E-state index in [0.717, 1.165) is 22.2 Å². The number of benzene rings is 1. The molecule has 0 fully saturated rings. The molecular weight excluding hydrogens is 344 g/mol. The Morgan fingerprint density at radius 2 is 2.27 bits per heavy atom. The van der Waals surface area contributed by atoms with Gasteiger partial charge in [0, 0.05) is 35.6 Å². The van der Waals surface area contributed by atoms with Crippen LogP contribution in [0.25, 0.3) is 0 Å². The number of hydrogen-bond donors (Lipinski definition) is 2. The van der Waals surface area contributed by atoms with Crippen molar-refractivity contribution < 1.29 is 9.53 Å². The van der Waals surface area contributed by atoms with Crippen LogP contribution in [0.2, 0.25) is 0 Å². The Hall–Kier alpha value is -1.51. The van der Waals surface area contributed by atoms with Crippen LogP contribution in [-0.4, -0.2) is 25.1 Å². The molecule has 0 aliphatic carbocycles. The fraction of sp³-hybridized carbons (Fsp3) is 0.471. The molecule has 5 heteroatoms. The number of ether oxygens (including phenoxy) is 1. The van der Waals surface area contributed by atoms with E-state index in [2.05, 4.69) is 32.5 Å².